The molecule has 0 fully saturated rings. The van der Waals surface area contributed by atoms with E-state index in [2.05, 4.69) is 26.2 Å². The minimum Gasteiger partial charge on any atom is -0.481 e. The number of halogens is 5. The molecule has 1 aromatic heterocycles. The maximum atomic E-state index is 14.3. The lowest BCUT2D eigenvalue weighted by Gasteiger charge is -2.39. The predicted molar refractivity (Wildman–Crippen MR) is 139 cm³/mol. The number of carbonyl (C=O) groups is 2. The van der Waals surface area contributed by atoms with Gasteiger partial charge in [0, 0.05) is 18.3 Å². The number of hydrogen-bond donors (Lipinski definition) is 2. The Labute approximate surface area is 229 Å². The van der Waals surface area contributed by atoms with E-state index in [9.17, 15) is 27.2 Å². The molecule has 0 radical (unpaired) electrons. The number of amides is 2. The minimum atomic E-state index is -4.67. The molecule has 0 spiro atoms. The van der Waals surface area contributed by atoms with Gasteiger partial charge in [-0.25, -0.2) is 14.2 Å². The van der Waals surface area contributed by atoms with Crippen LogP contribution in [-0.2, 0) is 12.6 Å². The molecule has 0 bridgehead atoms. The number of benzene rings is 2. The van der Waals surface area contributed by atoms with Gasteiger partial charge in [-0.1, -0.05) is 0 Å². The molecule has 2 aromatic carbocycles. The fourth-order valence-corrected chi connectivity index (χ4v) is 4.84. The van der Waals surface area contributed by atoms with Gasteiger partial charge in [-0.3, -0.25) is 9.69 Å². The summed E-state index contributed by atoms with van der Waals surface area (Å²) in [4.78, 5) is 31.4. The molecule has 2 N–H and O–H groups in total. The third-order valence-electron chi connectivity index (χ3n) is 6.16. The summed E-state index contributed by atoms with van der Waals surface area (Å²) in [5.74, 6) is -0.898. The van der Waals surface area contributed by atoms with Crippen molar-refractivity contribution >= 4 is 45.0 Å². The first kappa shape index (κ1) is 28.1. The van der Waals surface area contributed by atoms with Crippen molar-refractivity contribution in [2.24, 2.45) is 0 Å². The van der Waals surface area contributed by atoms with E-state index in [0.29, 0.717) is 36.2 Å². The Morgan fingerprint density at radius 3 is 2.46 bits per heavy atom. The van der Waals surface area contributed by atoms with Crippen molar-refractivity contribution in [3.8, 4) is 5.88 Å². The van der Waals surface area contributed by atoms with Crippen LogP contribution in [0.15, 0.2) is 53.1 Å². The van der Waals surface area contributed by atoms with Gasteiger partial charge in [0.25, 0.3) is 5.91 Å². The number of unbranched alkanes of at least 4 members (excludes halogenated alkanes) is 1. The average Bonchev–Trinajstić information content (AvgIpc) is 2.88. The van der Waals surface area contributed by atoms with Gasteiger partial charge in [-0.15, -0.1) is 0 Å². The summed E-state index contributed by atoms with van der Waals surface area (Å²) in [5.41, 5.74) is 0.434. The number of nitrogens with zero attached hydrogens (tertiary/aromatic N) is 3. The molecule has 206 valence electrons. The quantitative estimate of drug-likeness (QED) is 0.175. The number of ether oxygens (including phenoxy) is 1. The zero-order valence-electron chi connectivity index (χ0n) is 20.6. The van der Waals surface area contributed by atoms with Crippen LogP contribution in [0.2, 0.25) is 0 Å². The molecule has 2 amide bonds. The first-order valence-corrected chi connectivity index (χ1v) is 12.6. The second kappa shape index (κ2) is 11.5. The summed E-state index contributed by atoms with van der Waals surface area (Å²) in [6.07, 6.45) is -4.45. The number of carbonyl (C=O) groups excluding carboxylic acids is 1. The summed E-state index contributed by atoms with van der Waals surface area (Å²) < 4.78 is 60.4. The third kappa shape index (κ3) is 6.24. The number of carboxylic acid groups (broad SMARTS) is 1. The zero-order valence-corrected chi connectivity index (χ0v) is 22.1. The summed E-state index contributed by atoms with van der Waals surface area (Å²) in [7, 11) is 1.42. The highest BCUT2D eigenvalue weighted by molar-refractivity contribution is 9.10. The fourth-order valence-electron chi connectivity index (χ4n) is 4.32. The SMILES string of the molecule is COc1ccc(N2CN(c3ccc(F)cc3CCCCNC(=O)O)c3ccc(C(F)(F)F)cc3C2=O)c(Br)n1. The van der Waals surface area contributed by atoms with E-state index in [0.717, 1.165) is 12.1 Å². The van der Waals surface area contributed by atoms with E-state index in [1.54, 1.807) is 11.0 Å². The number of pyridine rings is 1. The number of alkyl halides is 3. The van der Waals surface area contributed by atoms with Crippen molar-refractivity contribution in [2.45, 2.75) is 25.4 Å². The van der Waals surface area contributed by atoms with Crippen molar-refractivity contribution in [3.63, 3.8) is 0 Å². The molecule has 1 aliphatic heterocycles. The molecule has 4 rings (SSSR count). The maximum absolute atomic E-state index is 14.3. The molecule has 0 aliphatic carbocycles. The van der Waals surface area contributed by atoms with Gasteiger partial charge in [0.15, 0.2) is 0 Å². The number of nitrogens with one attached hydrogen (secondary N) is 1. The molecule has 0 saturated heterocycles. The number of anilines is 3. The van der Waals surface area contributed by atoms with Crippen molar-refractivity contribution in [2.75, 3.05) is 30.1 Å². The Balaban J connectivity index is 1.78. The highest BCUT2D eigenvalue weighted by atomic mass is 79.9. The maximum Gasteiger partial charge on any atom is 0.416 e. The van der Waals surface area contributed by atoms with Crippen LogP contribution in [0.1, 0.15) is 34.3 Å². The normalized spacial score (nSPS) is 13.3. The number of rotatable bonds is 8. The molecule has 3 aromatic rings. The molecule has 2 heterocycles. The number of hydrogen-bond acceptors (Lipinski definition) is 5. The molecular formula is C26H23BrF4N4O4. The van der Waals surface area contributed by atoms with Crippen LogP contribution in [0, 0.1) is 5.82 Å². The van der Waals surface area contributed by atoms with Crippen molar-refractivity contribution in [3.05, 3.63) is 75.6 Å². The molecule has 0 unspecified atom stereocenters. The van der Waals surface area contributed by atoms with Crippen LogP contribution in [0.3, 0.4) is 0 Å². The van der Waals surface area contributed by atoms with Gasteiger partial charge >= 0.3 is 12.3 Å². The summed E-state index contributed by atoms with van der Waals surface area (Å²) in [5, 5.41) is 11.0. The van der Waals surface area contributed by atoms with E-state index in [-0.39, 0.29) is 34.9 Å². The number of methoxy groups -OCH3 is 1. The molecule has 13 heteroatoms. The lowest BCUT2D eigenvalue weighted by molar-refractivity contribution is -0.137. The highest BCUT2D eigenvalue weighted by Gasteiger charge is 2.37. The third-order valence-corrected chi connectivity index (χ3v) is 6.74. The highest BCUT2D eigenvalue weighted by Crippen LogP contribution is 2.41. The largest absolute Gasteiger partial charge is 0.481 e. The molecular weight excluding hydrogens is 588 g/mol. The minimum absolute atomic E-state index is 0.0942. The summed E-state index contributed by atoms with van der Waals surface area (Å²) >= 11 is 3.32. The first-order chi connectivity index (χ1) is 18.5. The monoisotopic (exact) mass is 610 g/mol. The lowest BCUT2D eigenvalue weighted by Crippen LogP contribution is -2.45. The van der Waals surface area contributed by atoms with Crippen LogP contribution in [0.25, 0.3) is 0 Å². The van der Waals surface area contributed by atoms with E-state index < -0.39 is 29.6 Å². The molecule has 39 heavy (non-hydrogen) atoms. The van der Waals surface area contributed by atoms with Gasteiger partial charge in [0.2, 0.25) is 5.88 Å². The van der Waals surface area contributed by atoms with Crippen molar-refractivity contribution in [1.82, 2.24) is 10.3 Å². The van der Waals surface area contributed by atoms with Crippen LogP contribution >= 0.6 is 15.9 Å². The van der Waals surface area contributed by atoms with Gasteiger partial charge < -0.3 is 20.1 Å². The number of aryl methyl sites for hydroxylation is 1. The van der Waals surface area contributed by atoms with Crippen LogP contribution in [0.5, 0.6) is 5.88 Å². The lowest BCUT2D eigenvalue weighted by atomic mass is 10.00. The second-order valence-corrected chi connectivity index (χ2v) is 9.41. The Hall–Kier alpha value is -3.87. The predicted octanol–water partition coefficient (Wildman–Crippen LogP) is 6.36. The number of aromatic nitrogens is 1. The van der Waals surface area contributed by atoms with Crippen LogP contribution < -0.4 is 19.9 Å². The van der Waals surface area contributed by atoms with Crippen LogP contribution in [0.4, 0.5) is 39.4 Å². The second-order valence-electron chi connectivity index (χ2n) is 8.66. The Morgan fingerprint density at radius 1 is 1.08 bits per heavy atom. The van der Waals surface area contributed by atoms with Crippen molar-refractivity contribution < 1.29 is 37.0 Å². The van der Waals surface area contributed by atoms with Gasteiger partial charge in [0.05, 0.1) is 29.6 Å². The molecule has 0 atom stereocenters. The zero-order chi connectivity index (χ0) is 28.3. The first-order valence-electron chi connectivity index (χ1n) is 11.8. The summed E-state index contributed by atoms with van der Waals surface area (Å²) in [6.45, 7) is 0.122. The molecule has 8 nitrogen and oxygen atoms in total. The number of fused-ring (bicyclic) bond motifs is 1. The van der Waals surface area contributed by atoms with Gasteiger partial charge in [0.1, 0.15) is 17.1 Å². The van der Waals surface area contributed by atoms with Crippen LogP contribution in [-0.4, -0.2) is 42.4 Å². The molecule has 1 aliphatic rings. The van der Waals surface area contributed by atoms with Gasteiger partial charge in [-0.2, -0.15) is 13.2 Å². The standard InChI is InChI=1S/C26H23BrF4N4O4/c1-39-22-10-9-21(23(27)33-22)35-14-34(20-7-5-16(26(29,30)31)13-18(20)24(35)36)19-8-6-17(28)12-15(19)4-2-3-11-32-25(37)38/h5-10,12-13,32H,2-4,11,14H2,1H3,(H,37,38). The fraction of sp³-hybridized carbons (Fsp3) is 0.269. The van der Waals surface area contributed by atoms with E-state index >= 15 is 0 Å². The molecule has 0 saturated carbocycles. The topological polar surface area (TPSA) is 95.0 Å². The van der Waals surface area contributed by atoms with E-state index in [1.807, 2.05) is 0 Å². The van der Waals surface area contributed by atoms with E-state index in [4.69, 9.17) is 9.84 Å². The average molecular weight is 611 g/mol. The van der Waals surface area contributed by atoms with Crippen molar-refractivity contribution in [1.29, 1.82) is 0 Å². The summed E-state index contributed by atoms with van der Waals surface area (Å²) in [6, 6.07) is 10.1. The van der Waals surface area contributed by atoms with Gasteiger partial charge in [-0.05, 0) is 83.2 Å². The Morgan fingerprint density at radius 2 is 1.79 bits per heavy atom. The Bertz CT molecular complexity index is 1400. The van der Waals surface area contributed by atoms with E-state index in [1.165, 1.54) is 42.3 Å². The smallest absolute Gasteiger partial charge is 0.416 e. The Kier molecular flexibility index (Phi) is 8.28.